The molecular weight excluding hydrogens is 604 g/mol. The number of alkyl carbamates (subject to hydrolysis) is 2. The zero-order valence-corrected chi connectivity index (χ0v) is 28.1. The van der Waals surface area contributed by atoms with Crippen LogP contribution in [0.15, 0.2) is 60.7 Å². The van der Waals surface area contributed by atoms with Gasteiger partial charge in [0.25, 0.3) is 0 Å². The highest BCUT2D eigenvalue weighted by Gasteiger charge is 2.31. The first-order chi connectivity index (χ1) is 22.5. The van der Waals surface area contributed by atoms with Gasteiger partial charge in [0.15, 0.2) is 0 Å². The lowest BCUT2D eigenvalue weighted by molar-refractivity contribution is -0.146. The largest absolute Gasteiger partial charge is 0.467 e. The van der Waals surface area contributed by atoms with Crippen LogP contribution in [-0.4, -0.2) is 61.8 Å². The minimum atomic E-state index is -1.03. The molecule has 0 fully saturated rings. The van der Waals surface area contributed by atoms with Gasteiger partial charge in [-0.2, -0.15) is 0 Å². The number of ether oxygens (including phenoxy) is 3. The Morgan fingerprint density at radius 3 is 1.64 bits per heavy atom. The van der Waals surface area contributed by atoms with Crippen molar-refractivity contribution in [3.8, 4) is 0 Å². The lowest BCUT2D eigenvalue weighted by Crippen LogP contribution is -2.56. The fraction of sp³-hybridized carbons (Fsp3) is 0.514. The highest BCUT2D eigenvalue weighted by atomic mass is 16.6. The number of benzene rings is 2. The van der Waals surface area contributed by atoms with Crippen molar-refractivity contribution in [1.29, 1.82) is 0 Å². The molecule has 0 saturated heterocycles. The summed E-state index contributed by atoms with van der Waals surface area (Å²) in [4.78, 5) is 64.1. The number of hydrogen-bond donors (Lipinski definition) is 4. The SMILES string of the molecule is COC(=O)[C@H](CC(C)C)NC(=O)[C@H](CC(C)C)NC(=O)[C@H](CCCCNC(=O)OCc1ccccc1)NC(=O)OCc1ccccc1. The first-order valence-electron chi connectivity index (χ1n) is 16.1. The number of amides is 4. The van der Waals surface area contributed by atoms with E-state index in [0.717, 1.165) is 11.1 Å². The van der Waals surface area contributed by atoms with E-state index in [4.69, 9.17) is 14.2 Å². The molecule has 0 aliphatic rings. The molecule has 0 saturated carbocycles. The number of unbranched alkanes of at least 4 members (excludes halogenated alkanes) is 1. The van der Waals surface area contributed by atoms with E-state index in [1.807, 2.05) is 88.4 Å². The summed E-state index contributed by atoms with van der Waals surface area (Å²) in [5.74, 6) is -1.53. The van der Waals surface area contributed by atoms with Crippen molar-refractivity contribution in [2.24, 2.45) is 11.8 Å². The normalized spacial score (nSPS) is 12.7. The maximum absolute atomic E-state index is 13.6. The fourth-order valence-electron chi connectivity index (χ4n) is 4.69. The lowest BCUT2D eigenvalue weighted by atomic mass is 10.00. The van der Waals surface area contributed by atoms with E-state index in [9.17, 15) is 24.0 Å². The van der Waals surface area contributed by atoms with Gasteiger partial charge in [-0.3, -0.25) is 9.59 Å². The summed E-state index contributed by atoms with van der Waals surface area (Å²) >= 11 is 0. The van der Waals surface area contributed by atoms with Gasteiger partial charge in [0.2, 0.25) is 11.8 Å². The second-order valence-electron chi connectivity index (χ2n) is 12.1. The van der Waals surface area contributed by atoms with Gasteiger partial charge in [0.05, 0.1) is 7.11 Å². The number of methoxy groups -OCH3 is 1. The van der Waals surface area contributed by atoms with Crippen LogP contribution < -0.4 is 21.3 Å². The molecule has 0 radical (unpaired) electrons. The second-order valence-corrected chi connectivity index (χ2v) is 12.1. The highest BCUT2D eigenvalue weighted by molar-refractivity contribution is 5.93. The highest BCUT2D eigenvalue weighted by Crippen LogP contribution is 2.11. The van der Waals surface area contributed by atoms with Gasteiger partial charge in [0, 0.05) is 6.54 Å². The van der Waals surface area contributed by atoms with Gasteiger partial charge in [-0.1, -0.05) is 88.4 Å². The standard InChI is InChI=1S/C35H50N4O8/c1-24(2)20-29(32(41)38-30(21-25(3)4)33(42)45-5)37-31(40)28(39-35(44)47-23-27-16-10-7-11-17-27)18-12-13-19-36-34(43)46-22-26-14-8-6-9-15-26/h6-11,14-17,24-25,28-30H,12-13,18-23H2,1-5H3,(H,36,43)(H,37,40)(H,38,41)(H,39,44)/t28-,29-,30-/m0/s1. The molecule has 0 aromatic heterocycles. The third kappa shape index (κ3) is 16.0. The summed E-state index contributed by atoms with van der Waals surface area (Å²) in [7, 11) is 1.26. The maximum atomic E-state index is 13.6. The van der Waals surface area contributed by atoms with Crippen molar-refractivity contribution >= 4 is 30.0 Å². The van der Waals surface area contributed by atoms with Crippen LogP contribution in [0.4, 0.5) is 9.59 Å². The van der Waals surface area contributed by atoms with E-state index in [1.165, 1.54) is 7.11 Å². The maximum Gasteiger partial charge on any atom is 0.408 e. The molecule has 0 spiro atoms. The molecule has 0 heterocycles. The monoisotopic (exact) mass is 654 g/mol. The molecule has 4 N–H and O–H groups in total. The van der Waals surface area contributed by atoms with Gasteiger partial charge in [-0.15, -0.1) is 0 Å². The predicted molar refractivity (Wildman–Crippen MR) is 177 cm³/mol. The summed E-state index contributed by atoms with van der Waals surface area (Å²) in [5, 5.41) is 10.8. The van der Waals surface area contributed by atoms with E-state index in [2.05, 4.69) is 21.3 Å². The number of hydrogen-bond acceptors (Lipinski definition) is 8. The number of esters is 1. The van der Waals surface area contributed by atoms with E-state index >= 15 is 0 Å². The minimum Gasteiger partial charge on any atom is -0.467 e. The van der Waals surface area contributed by atoms with Gasteiger partial charge < -0.3 is 35.5 Å². The second kappa shape index (κ2) is 21.2. The summed E-state index contributed by atoms with van der Waals surface area (Å²) in [6.07, 6.45) is 0.480. The quantitative estimate of drug-likeness (QED) is 0.0970. The third-order valence-corrected chi connectivity index (χ3v) is 7.07. The van der Waals surface area contributed by atoms with Crippen molar-refractivity contribution in [3.63, 3.8) is 0 Å². The molecule has 2 aromatic carbocycles. The van der Waals surface area contributed by atoms with E-state index in [-0.39, 0.29) is 31.5 Å². The predicted octanol–water partition coefficient (Wildman–Crippen LogP) is 4.61. The zero-order chi connectivity index (χ0) is 34.6. The third-order valence-electron chi connectivity index (χ3n) is 7.07. The molecule has 0 unspecified atom stereocenters. The van der Waals surface area contributed by atoms with Crippen LogP contribution in [0.5, 0.6) is 0 Å². The Hall–Kier alpha value is -4.61. The van der Waals surface area contributed by atoms with Crippen molar-refractivity contribution in [3.05, 3.63) is 71.8 Å². The van der Waals surface area contributed by atoms with Crippen LogP contribution >= 0.6 is 0 Å². The van der Waals surface area contributed by atoms with Crippen LogP contribution in [0.1, 0.15) is 70.9 Å². The average Bonchev–Trinajstić information content (AvgIpc) is 3.05. The van der Waals surface area contributed by atoms with E-state index in [1.54, 1.807) is 0 Å². The first kappa shape index (κ1) is 38.6. The Bertz CT molecular complexity index is 1260. The van der Waals surface area contributed by atoms with Gasteiger partial charge in [-0.05, 0) is 55.1 Å². The number of rotatable bonds is 19. The fourth-order valence-corrected chi connectivity index (χ4v) is 4.69. The van der Waals surface area contributed by atoms with E-state index in [0.29, 0.717) is 32.2 Å². The Labute approximate surface area is 277 Å². The molecule has 47 heavy (non-hydrogen) atoms. The molecule has 0 bridgehead atoms. The van der Waals surface area contributed by atoms with Crippen molar-refractivity contribution < 1.29 is 38.2 Å². The molecule has 12 heteroatoms. The topological polar surface area (TPSA) is 161 Å². The summed E-state index contributed by atoms with van der Waals surface area (Å²) in [5.41, 5.74) is 1.65. The van der Waals surface area contributed by atoms with Gasteiger partial charge in [-0.25, -0.2) is 14.4 Å². The lowest BCUT2D eigenvalue weighted by Gasteiger charge is -2.26. The van der Waals surface area contributed by atoms with Crippen molar-refractivity contribution in [2.45, 2.75) is 91.1 Å². The molecule has 4 amide bonds. The van der Waals surface area contributed by atoms with Crippen LogP contribution in [0.2, 0.25) is 0 Å². The average molecular weight is 655 g/mol. The van der Waals surface area contributed by atoms with Crippen molar-refractivity contribution in [1.82, 2.24) is 21.3 Å². The first-order valence-corrected chi connectivity index (χ1v) is 16.1. The Morgan fingerprint density at radius 2 is 1.11 bits per heavy atom. The molecule has 258 valence electrons. The Balaban J connectivity index is 2.03. The number of carbonyl (C=O) groups is 5. The molecule has 2 rings (SSSR count). The summed E-state index contributed by atoms with van der Waals surface area (Å²) < 4.78 is 15.4. The molecule has 0 aliphatic heterocycles. The Kier molecular flexibility index (Phi) is 17.4. The van der Waals surface area contributed by atoms with Crippen LogP contribution in [0.25, 0.3) is 0 Å². The van der Waals surface area contributed by atoms with E-state index < -0.39 is 48.1 Å². The van der Waals surface area contributed by atoms with Crippen LogP contribution in [0.3, 0.4) is 0 Å². The summed E-state index contributed by atoms with van der Waals surface area (Å²) in [6.45, 7) is 8.12. The number of carbonyl (C=O) groups excluding carboxylic acids is 5. The molecular formula is C35H50N4O8. The summed E-state index contributed by atoms with van der Waals surface area (Å²) in [6, 6.07) is 15.6. The number of nitrogens with one attached hydrogen (secondary N) is 4. The minimum absolute atomic E-state index is 0.0131. The van der Waals surface area contributed by atoms with Crippen LogP contribution in [-0.2, 0) is 41.8 Å². The zero-order valence-electron chi connectivity index (χ0n) is 28.1. The molecule has 2 aromatic rings. The van der Waals surface area contributed by atoms with Gasteiger partial charge >= 0.3 is 18.2 Å². The molecule has 0 aliphatic carbocycles. The van der Waals surface area contributed by atoms with Crippen LogP contribution in [0, 0.1) is 11.8 Å². The van der Waals surface area contributed by atoms with Crippen molar-refractivity contribution in [2.75, 3.05) is 13.7 Å². The Morgan fingerprint density at radius 1 is 0.617 bits per heavy atom. The van der Waals surface area contributed by atoms with Gasteiger partial charge in [0.1, 0.15) is 31.3 Å². The smallest absolute Gasteiger partial charge is 0.408 e. The molecule has 12 nitrogen and oxygen atoms in total. The molecule has 3 atom stereocenters.